The number of hydrogen-bond acceptors (Lipinski definition) is 3. The lowest BCUT2D eigenvalue weighted by Crippen LogP contribution is -2.29. The second-order valence-corrected chi connectivity index (χ2v) is 5.39. The molecule has 1 aliphatic carbocycles. The van der Waals surface area contributed by atoms with Crippen LogP contribution in [0.5, 0.6) is 0 Å². The molecule has 1 N–H and O–H groups in total. The molecule has 4 nitrogen and oxygen atoms in total. The van der Waals surface area contributed by atoms with Crippen molar-refractivity contribution in [3.8, 4) is 0 Å². The van der Waals surface area contributed by atoms with Crippen LogP contribution in [0.15, 0.2) is 5.38 Å². The van der Waals surface area contributed by atoms with E-state index in [1.807, 2.05) is 6.92 Å². The van der Waals surface area contributed by atoms with Crippen LogP contribution in [0.25, 0.3) is 0 Å². The number of carboxylic acid groups (broad SMARTS) is 1. The Bertz CT molecular complexity index is 405. The van der Waals surface area contributed by atoms with Crippen molar-refractivity contribution in [2.75, 3.05) is 13.1 Å². The van der Waals surface area contributed by atoms with Gasteiger partial charge in [0, 0.05) is 24.4 Å². The highest BCUT2D eigenvalue weighted by Gasteiger charge is 2.58. The molecule has 1 aromatic heterocycles. The number of thiazole rings is 1. The quantitative estimate of drug-likeness (QED) is 0.791. The number of piperidine rings is 1. The molecule has 1 amide bonds. The van der Waals surface area contributed by atoms with E-state index in [4.69, 9.17) is 5.11 Å². The van der Waals surface area contributed by atoms with E-state index in [1.165, 1.54) is 10.6 Å². The molecule has 1 saturated heterocycles. The predicted octanol–water partition coefficient (Wildman–Crippen LogP) is 1.77. The molecule has 15 heavy (non-hydrogen) atoms. The first-order valence-corrected chi connectivity index (χ1v) is 5.94. The Labute approximate surface area is 91.5 Å². The van der Waals surface area contributed by atoms with Crippen molar-refractivity contribution in [3.05, 3.63) is 16.1 Å². The molecule has 0 radical (unpaired) electrons. The van der Waals surface area contributed by atoms with E-state index in [2.05, 4.69) is 10.4 Å². The maximum Gasteiger partial charge on any atom is 0.407 e. The van der Waals surface area contributed by atoms with Crippen LogP contribution < -0.4 is 0 Å². The van der Waals surface area contributed by atoms with Gasteiger partial charge in [0.1, 0.15) is 0 Å². The van der Waals surface area contributed by atoms with Gasteiger partial charge in [-0.15, -0.1) is 11.3 Å². The Morgan fingerprint density at radius 1 is 1.60 bits per heavy atom. The Morgan fingerprint density at radius 2 is 2.27 bits per heavy atom. The predicted molar refractivity (Wildman–Crippen MR) is 56.2 cm³/mol. The van der Waals surface area contributed by atoms with Crippen LogP contribution in [-0.2, 0) is 0 Å². The minimum Gasteiger partial charge on any atom is -0.465 e. The standard InChI is InChI=1S/C10H12N2O2S/c1-5-11-8(4-15-5)9-6-2-12(10(13)14)3-7(6)9/h4,6-7,9H,2-3H2,1H3,(H,13,14)/t6-,7+,9-. The lowest BCUT2D eigenvalue weighted by atomic mass is 10.2. The number of carbonyl (C=O) groups is 1. The number of likely N-dealkylation sites (tertiary alicyclic amines) is 1. The SMILES string of the molecule is Cc1nc([C@@H]2[C@@H]3CN(C(=O)O)C[C@@H]32)cs1. The molecule has 0 aromatic carbocycles. The zero-order valence-corrected chi connectivity index (χ0v) is 9.20. The zero-order valence-electron chi connectivity index (χ0n) is 8.38. The largest absolute Gasteiger partial charge is 0.465 e. The molecule has 2 aliphatic rings. The van der Waals surface area contributed by atoms with Crippen LogP contribution in [0.2, 0.25) is 0 Å². The number of aromatic nitrogens is 1. The smallest absolute Gasteiger partial charge is 0.407 e. The fourth-order valence-corrected chi connectivity index (χ4v) is 3.31. The number of hydrogen-bond donors (Lipinski definition) is 1. The van der Waals surface area contributed by atoms with Crippen molar-refractivity contribution in [1.29, 1.82) is 0 Å². The summed E-state index contributed by atoms with van der Waals surface area (Å²) >= 11 is 1.68. The third-order valence-corrected chi connectivity index (χ3v) is 4.23. The number of nitrogens with zero attached hydrogens (tertiary/aromatic N) is 2. The van der Waals surface area contributed by atoms with Crippen molar-refractivity contribution < 1.29 is 9.90 Å². The first-order chi connectivity index (χ1) is 7.16. The Hall–Kier alpha value is -1.10. The number of amides is 1. The van der Waals surface area contributed by atoms with Crippen molar-refractivity contribution in [2.45, 2.75) is 12.8 Å². The highest BCUT2D eigenvalue weighted by atomic mass is 32.1. The average Bonchev–Trinajstić information content (AvgIpc) is 2.62. The highest BCUT2D eigenvalue weighted by molar-refractivity contribution is 7.09. The van der Waals surface area contributed by atoms with Crippen LogP contribution in [0, 0.1) is 18.8 Å². The molecule has 5 heteroatoms. The van der Waals surface area contributed by atoms with Crippen LogP contribution in [-0.4, -0.2) is 34.2 Å². The summed E-state index contributed by atoms with van der Waals surface area (Å²) in [5.41, 5.74) is 1.18. The third kappa shape index (κ3) is 1.33. The van der Waals surface area contributed by atoms with Gasteiger partial charge in [-0.05, 0) is 18.8 Å². The molecule has 3 rings (SSSR count). The van der Waals surface area contributed by atoms with E-state index in [9.17, 15) is 4.79 Å². The third-order valence-electron chi connectivity index (χ3n) is 3.44. The van der Waals surface area contributed by atoms with Crippen LogP contribution >= 0.6 is 11.3 Å². The summed E-state index contributed by atoms with van der Waals surface area (Å²) in [6.45, 7) is 3.40. The van der Waals surface area contributed by atoms with Gasteiger partial charge in [0.15, 0.2) is 0 Å². The normalized spacial score (nSPS) is 32.9. The van der Waals surface area contributed by atoms with Crippen molar-refractivity contribution >= 4 is 17.4 Å². The molecule has 2 fully saturated rings. The second-order valence-electron chi connectivity index (χ2n) is 4.33. The monoisotopic (exact) mass is 224 g/mol. The number of fused-ring (bicyclic) bond motifs is 1. The lowest BCUT2D eigenvalue weighted by molar-refractivity contribution is 0.150. The van der Waals surface area contributed by atoms with E-state index in [0.717, 1.165) is 5.01 Å². The molecular formula is C10H12N2O2S. The van der Waals surface area contributed by atoms with Crippen LogP contribution in [0.4, 0.5) is 4.79 Å². The Kier molecular flexibility index (Phi) is 1.80. The van der Waals surface area contributed by atoms with Gasteiger partial charge in [-0.3, -0.25) is 0 Å². The van der Waals surface area contributed by atoms with Crippen molar-refractivity contribution in [3.63, 3.8) is 0 Å². The van der Waals surface area contributed by atoms with E-state index < -0.39 is 6.09 Å². The lowest BCUT2D eigenvalue weighted by Gasteiger charge is -2.14. The van der Waals surface area contributed by atoms with E-state index in [1.54, 1.807) is 11.3 Å². The zero-order chi connectivity index (χ0) is 10.6. The summed E-state index contributed by atoms with van der Waals surface area (Å²) in [7, 11) is 0. The van der Waals surface area contributed by atoms with Gasteiger partial charge in [0.2, 0.25) is 0 Å². The molecule has 0 unspecified atom stereocenters. The molecule has 1 saturated carbocycles. The van der Waals surface area contributed by atoms with E-state index in [0.29, 0.717) is 30.8 Å². The molecule has 1 aromatic rings. The first kappa shape index (κ1) is 9.15. The molecule has 80 valence electrons. The Morgan fingerprint density at radius 3 is 2.73 bits per heavy atom. The number of aryl methyl sites for hydroxylation is 1. The Balaban J connectivity index is 1.70. The minimum atomic E-state index is -0.782. The second kappa shape index (κ2) is 2.95. The summed E-state index contributed by atoms with van der Waals surface area (Å²) in [5.74, 6) is 1.59. The summed E-state index contributed by atoms with van der Waals surface area (Å²) in [6.07, 6.45) is -0.782. The van der Waals surface area contributed by atoms with Gasteiger partial charge in [0.25, 0.3) is 0 Å². The molecule has 0 spiro atoms. The van der Waals surface area contributed by atoms with Crippen molar-refractivity contribution in [2.24, 2.45) is 11.8 Å². The maximum atomic E-state index is 10.7. The fraction of sp³-hybridized carbons (Fsp3) is 0.600. The summed E-state index contributed by atoms with van der Waals surface area (Å²) < 4.78 is 0. The molecule has 1 aliphatic heterocycles. The van der Waals surface area contributed by atoms with Gasteiger partial charge in [-0.25, -0.2) is 9.78 Å². The van der Waals surface area contributed by atoms with Gasteiger partial charge < -0.3 is 10.0 Å². The van der Waals surface area contributed by atoms with Crippen molar-refractivity contribution in [1.82, 2.24) is 9.88 Å². The molecule has 2 heterocycles. The first-order valence-electron chi connectivity index (χ1n) is 5.06. The van der Waals surface area contributed by atoms with Crippen LogP contribution in [0.1, 0.15) is 16.6 Å². The molecule has 3 atom stereocenters. The van der Waals surface area contributed by atoms with E-state index in [-0.39, 0.29) is 0 Å². The molecular weight excluding hydrogens is 212 g/mol. The van der Waals surface area contributed by atoms with Gasteiger partial charge >= 0.3 is 6.09 Å². The minimum absolute atomic E-state index is 0.530. The topological polar surface area (TPSA) is 53.4 Å². The molecule has 0 bridgehead atoms. The highest BCUT2D eigenvalue weighted by Crippen LogP contribution is 2.57. The van der Waals surface area contributed by atoms with Crippen LogP contribution in [0.3, 0.4) is 0 Å². The summed E-state index contributed by atoms with van der Waals surface area (Å²) in [6, 6.07) is 0. The number of rotatable bonds is 1. The average molecular weight is 224 g/mol. The fourth-order valence-electron chi connectivity index (χ4n) is 2.65. The summed E-state index contributed by atoms with van der Waals surface area (Å²) in [5, 5.41) is 12.0. The maximum absolute atomic E-state index is 10.7. The van der Waals surface area contributed by atoms with Gasteiger partial charge in [-0.2, -0.15) is 0 Å². The van der Waals surface area contributed by atoms with E-state index >= 15 is 0 Å². The van der Waals surface area contributed by atoms with Gasteiger partial charge in [0.05, 0.1) is 10.7 Å². The van der Waals surface area contributed by atoms with Gasteiger partial charge in [-0.1, -0.05) is 0 Å². The summed E-state index contributed by atoms with van der Waals surface area (Å²) in [4.78, 5) is 16.7.